The van der Waals surface area contributed by atoms with Crippen LogP contribution in [0, 0.1) is 0 Å². The third-order valence-corrected chi connectivity index (χ3v) is 2.94. The molecule has 0 aliphatic carbocycles. The van der Waals surface area contributed by atoms with E-state index in [1.165, 1.54) is 0 Å². The van der Waals surface area contributed by atoms with Crippen molar-refractivity contribution in [3.63, 3.8) is 0 Å². The molecule has 0 spiro atoms. The molecule has 0 N–H and O–H groups in total. The highest BCUT2D eigenvalue weighted by Crippen LogP contribution is 2.38. The number of hydrogen-bond acceptors (Lipinski definition) is 3. The van der Waals surface area contributed by atoms with Gasteiger partial charge < -0.3 is 9.47 Å². The molecule has 0 aromatic heterocycles. The lowest BCUT2D eigenvalue weighted by atomic mass is 10.2. The lowest BCUT2D eigenvalue weighted by Crippen LogP contribution is -1.90. The Morgan fingerprint density at radius 3 is 2.83 bits per heavy atom. The standard InChI is InChI=1S/C14H10ClNO2/c1-17-11-4-2-9-8-16-12-6-10(15)3-5-13(12)18-14(9)7-11/h2-8H,1H3. The van der Waals surface area contributed by atoms with Gasteiger partial charge in [0.15, 0.2) is 5.75 Å². The van der Waals surface area contributed by atoms with E-state index in [-0.39, 0.29) is 0 Å². The highest BCUT2D eigenvalue weighted by Gasteiger charge is 2.12. The van der Waals surface area contributed by atoms with E-state index in [9.17, 15) is 0 Å². The van der Waals surface area contributed by atoms with Crippen LogP contribution >= 0.6 is 11.6 Å². The quantitative estimate of drug-likeness (QED) is 0.656. The predicted octanol–water partition coefficient (Wildman–Crippen LogP) is 4.20. The van der Waals surface area contributed by atoms with Gasteiger partial charge >= 0.3 is 0 Å². The number of rotatable bonds is 1. The predicted molar refractivity (Wildman–Crippen MR) is 71.8 cm³/mol. The second-order valence-corrected chi connectivity index (χ2v) is 4.31. The van der Waals surface area contributed by atoms with Crippen LogP contribution in [0.1, 0.15) is 5.56 Å². The lowest BCUT2D eigenvalue weighted by Gasteiger charge is -2.09. The summed E-state index contributed by atoms with van der Waals surface area (Å²) in [5.74, 6) is 2.15. The monoisotopic (exact) mass is 259 g/mol. The van der Waals surface area contributed by atoms with Crippen molar-refractivity contribution in [2.24, 2.45) is 4.99 Å². The Kier molecular flexibility index (Phi) is 2.68. The second-order valence-electron chi connectivity index (χ2n) is 3.88. The molecule has 2 aromatic carbocycles. The minimum Gasteiger partial charge on any atom is -0.497 e. The lowest BCUT2D eigenvalue weighted by molar-refractivity contribution is 0.409. The van der Waals surface area contributed by atoms with Crippen molar-refractivity contribution in [2.75, 3.05) is 7.11 Å². The first-order valence-corrected chi connectivity index (χ1v) is 5.83. The van der Waals surface area contributed by atoms with Gasteiger partial charge in [-0.25, -0.2) is 0 Å². The van der Waals surface area contributed by atoms with E-state index in [0.717, 1.165) is 22.7 Å². The molecule has 1 aliphatic heterocycles. The first kappa shape index (κ1) is 11.1. The fourth-order valence-electron chi connectivity index (χ4n) is 1.77. The van der Waals surface area contributed by atoms with Crippen molar-refractivity contribution < 1.29 is 9.47 Å². The number of methoxy groups -OCH3 is 1. The number of aliphatic imine (C=N–C) groups is 1. The molecule has 0 unspecified atom stereocenters. The van der Waals surface area contributed by atoms with Crippen LogP contribution in [0.3, 0.4) is 0 Å². The summed E-state index contributed by atoms with van der Waals surface area (Å²) < 4.78 is 11.0. The molecule has 0 fully saturated rings. The fourth-order valence-corrected chi connectivity index (χ4v) is 1.94. The van der Waals surface area contributed by atoms with Crippen LogP contribution in [0.25, 0.3) is 0 Å². The van der Waals surface area contributed by atoms with Gasteiger partial charge in [0.05, 0.1) is 7.11 Å². The van der Waals surface area contributed by atoms with Crippen LogP contribution in [0.15, 0.2) is 41.4 Å². The Morgan fingerprint density at radius 2 is 2.00 bits per heavy atom. The van der Waals surface area contributed by atoms with E-state index in [0.29, 0.717) is 10.8 Å². The number of fused-ring (bicyclic) bond motifs is 2. The van der Waals surface area contributed by atoms with Crippen molar-refractivity contribution in [3.8, 4) is 17.2 Å². The van der Waals surface area contributed by atoms with Gasteiger partial charge in [0, 0.05) is 22.9 Å². The highest BCUT2D eigenvalue weighted by atomic mass is 35.5. The molecule has 0 saturated heterocycles. The normalized spacial score (nSPS) is 12.1. The fraction of sp³-hybridized carbons (Fsp3) is 0.0714. The van der Waals surface area contributed by atoms with Gasteiger partial charge in [-0.05, 0) is 30.3 Å². The van der Waals surface area contributed by atoms with Crippen LogP contribution in [0.4, 0.5) is 5.69 Å². The Morgan fingerprint density at radius 1 is 1.11 bits per heavy atom. The van der Waals surface area contributed by atoms with Gasteiger partial charge in [-0.15, -0.1) is 0 Å². The van der Waals surface area contributed by atoms with Gasteiger partial charge in [0.25, 0.3) is 0 Å². The Bertz CT molecular complexity index is 638. The first-order valence-electron chi connectivity index (χ1n) is 5.46. The molecule has 0 bridgehead atoms. The minimum atomic E-state index is 0.637. The summed E-state index contributed by atoms with van der Waals surface area (Å²) in [6.07, 6.45) is 1.76. The summed E-state index contributed by atoms with van der Waals surface area (Å²) in [7, 11) is 1.63. The topological polar surface area (TPSA) is 30.8 Å². The van der Waals surface area contributed by atoms with Gasteiger partial charge in [0.1, 0.15) is 17.2 Å². The van der Waals surface area contributed by atoms with Crippen LogP contribution in [-0.2, 0) is 0 Å². The zero-order chi connectivity index (χ0) is 12.5. The summed E-state index contributed by atoms with van der Waals surface area (Å²) >= 11 is 5.94. The summed E-state index contributed by atoms with van der Waals surface area (Å²) in [5, 5.41) is 0.637. The Hall–Kier alpha value is -2.00. The van der Waals surface area contributed by atoms with Crippen LogP contribution in [-0.4, -0.2) is 13.3 Å². The maximum Gasteiger partial charge on any atom is 0.153 e. The molecule has 18 heavy (non-hydrogen) atoms. The smallest absolute Gasteiger partial charge is 0.153 e. The average molecular weight is 260 g/mol. The summed E-state index contributed by atoms with van der Waals surface area (Å²) in [6.45, 7) is 0. The molecule has 1 aliphatic rings. The largest absolute Gasteiger partial charge is 0.497 e. The van der Waals surface area contributed by atoms with E-state index >= 15 is 0 Å². The van der Waals surface area contributed by atoms with Gasteiger partial charge in [0.2, 0.25) is 0 Å². The summed E-state index contributed by atoms with van der Waals surface area (Å²) in [4.78, 5) is 4.37. The zero-order valence-corrected chi connectivity index (χ0v) is 10.4. The molecule has 0 saturated carbocycles. The second kappa shape index (κ2) is 4.35. The van der Waals surface area contributed by atoms with Crippen molar-refractivity contribution >= 4 is 23.5 Å². The molecule has 0 atom stereocenters. The SMILES string of the molecule is COc1ccc2c(c1)Oc1ccc(Cl)cc1N=C2. The molecular weight excluding hydrogens is 250 g/mol. The van der Waals surface area contributed by atoms with Gasteiger partial charge in [-0.3, -0.25) is 4.99 Å². The first-order chi connectivity index (χ1) is 8.76. The molecule has 3 nitrogen and oxygen atoms in total. The highest BCUT2D eigenvalue weighted by molar-refractivity contribution is 6.30. The van der Waals surface area contributed by atoms with Crippen molar-refractivity contribution in [1.82, 2.24) is 0 Å². The van der Waals surface area contributed by atoms with E-state index in [4.69, 9.17) is 21.1 Å². The van der Waals surface area contributed by atoms with E-state index < -0.39 is 0 Å². The maximum absolute atomic E-state index is 5.94. The molecule has 4 heteroatoms. The Labute approximate surface area is 110 Å². The molecule has 2 aromatic rings. The van der Waals surface area contributed by atoms with E-state index in [1.807, 2.05) is 24.3 Å². The molecule has 3 rings (SSSR count). The molecular formula is C14H10ClNO2. The third-order valence-electron chi connectivity index (χ3n) is 2.70. The van der Waals surface area contributed by atoms with Gasteiger partial charge in [-0.1, -0.05) is 11.6 Å². The number of ether oxygens (including phenoxy) is 2. The number of benzene rings is 2. The van der Waals surface area contributed by atoms with Crippen molar-refractivity contribution in [2.45, 2.75) is 0 Å². The van der Waals surface area contributed by atoms with E-state index in [2.05, 4.69) is 4.99 Å². The summed E-state index contributed by atoms with van der Waals surface area (Å²) in [5.41, 5.74) is 1.63. The number of hydrogen-bond donors (Lipinski definition) is 0. The zero-order valence-electron chi connectivity index (χ0n) is 9.68. The average Bonchev–Trinajstić information content (AvgIpc) is 2.56. The maximum atomic E-state index is 5.94. The number of nitrogens with zero attached hydrogens (tertiary/aromatic N) is 1. The molecule has 0 amide bonds. The molecule has 1 heterocycles. The third kappa shape index (κ3) is 1.93. The van der Waals surface area contributed by atoms with Crippen LogP contribution in [0.5, 0.6) is 17.2 Å². The van der Waals surface area contributed by atoms with Crippen LogP contribution in [0.2, 0.25) is 5.02 Å². The van der Waals surface area contributed by atoms with E-state index in [1.54, 1.807) is 25.5 Å². The minimum absolute atomic E-state index is 0.637. The van der Waals surface area contributed by atoms with Crippen LogP contribution < -0.4 is 9.47 Å². The molecule has 0 radical (unpaired) electrons. The van der Waals surface area contributed by atoms with Gasteiger partial charge in [-0.2, -0.15) is 0 Å². The summed E-state index contributed by atoms with van der Waals surface area (Å²) in [6, 6.07) is 11.0. The van der Waals surface area contributed by atoms with Crippen molar-refractivity contribution in [1.29, 1.82) is 0 Å². The molecule has 90 valence electrons. The Balaban J connectivity index is 2.11. The van der Waals surface area contributed by atoms with Crippen molar-refractivity contribution in [3.05, 3.63) is 47.0 Å². The number of halogens is 1.